The second kappa shape index (κ2) is 3.42. The highest BCUT2D eigenvalue weighted by Gasteiger charge is 2.19. The van der Waals surface area contributed by atoms with Crippen molar-refractivity contribution in [1.82, 2.24) is 0 Å². The number of benzene rings is 1. The van der Waals surface area contributed by atoms with Gasteiger partial charge in [-0.05, 0) is 18.2 Å². The number of carbonyl (C=O) groups is 1. The normalized spacial score (nSPS) is 18.5. The van der Waals surface area contributed by atoms with Gasteiger partial charge in [0, 0.05) is 12.5 Å². The van der Waals surface area contributed by atoms with Crippen LogP contribution < -0.4 is 8.92 Å². The fraction of sp³-hybridized carbons (Fsp3) is 0.222. The van der Waals surface area contributed by atoms with Gasteiger partial charge in [-0.2, -0.15) is 0 Å². The molecule has 1 aliphatic rings. The van der Waals surface area contributed by atoms with Gasteiger partial charge in [-0.25, -0.2) is 4.21 Å². The minimum Gasteiger partial charge on any atom is -0.427 e. The standard InChI is InChI=1S/C9H8O4S/c1-6(10)12-8-2-3-9-7(4-8)5-14(11)13-9/h2-4H,5H2,1H3. The van der Waals surface area contributed by atoms with Crippen LogP contribution in [0.5, 0.6) is 11.5 Å². The van der Waals surface area contributed by atoms with Crippen molar-refractivity contribution in [2.24, 2.45) is 0 Å². The summed E-state index contributed by atoms with van der Waals surface area (Å²) in [5.74, 6) is 1.03. The van der Waals surface area contributed by atoms with Gasteiger partial charge in [0.25, 0.3) is 0 Å². The summed E-state index contributed by atoms with van der Waals surface area (Å²) in [5.41, 5.74) is 0.807. The van der Waals surface area contributed by atoms with Crippen molar-refractivity contribution in [3.63, 3.8) is 0 Å². The van der Waals surface area contributed by atoms with E-state index < -0.39 is 11.1 Å². The van der Waals surface area contributed by atoms with E-state index in [1.807, 2.05) is 0 Å². The maximum Gasteiger partial charge on any atom is 0.308 e. The third-order valence-electron chi connectivity index (χ3n) is 1.75. The summed E-state index contributed by atoms with van der Waals surface area (Å²) in [6.07, 6.45) is 0. The lowest BCUT2D eigenvalue weighted by Crippen LogP contribution is -2.01. The van der Waals surface area contributed by atoms with Gasteiger partial charge in [-0.15, -0.1) is 0 Å². The summed E-state index contributed by atoms with van der Waals surface area (Å²) in [5, 5.41) is 0. The molecule has 0 amide bonds. The average Bonchev–Trinajstić information content (AvgIpc) is 2.42. The van der Waals surface area contributed by atoms with Gasteiger partial charge in [0.2, 0.25) is 11.1 Å². The molecular formula is C9H8O4S. The lowest BCUT2D eigenvalue weighted by molar-refractivity contribution is -0.131. The maximum absolute atomic E-state index is 11.0. The Bertz CT molecular complexity index is 413. The van der Waals surface area contributed by atoms with Gasteiger partial charge in [0.05, 0.1) is 5.75 Å². The van der Waals surface area contributed by atoms with Crippen molar-refractivity contribution < 1.29 is 17.9 Å². The third kappa shape index (κ3) is 1.77. The summed E-state index contributed by atoms with van der Waals surface area (Å²) >= 11 is -1.28. The number of fused-ring (bicyclic) bond motifs is 1. The topological polar surface area (TPSA) is 52.6 Å². The SMILES string of the molecule is CC(=O)Oc1ccc2c(c1)CS(=O)O2. The summed E-state index contributed by atoms with van der Waals surface area (Å²) in [4.78, 5) is 10.7. The Balaban J connectivity index is 2.28. The number of hydrogen-bond acceptors (Lipinski definition) is 4. The first-order valence-electron chi connectivity index (χ1n) is 4.03. The smallest absolute Gasteiger partial charge is 0.308 e. The molecule has 0 radical (unpaired) electrons. The van der Waals surface area contributed by atoms with Crippen LogP contribution in [0.25, 0.3) is 0 Å². The van der Waals surface area contributed by atoms with Gasteiger partial charge in [-0.3, -0.25) is 4.79 Å². The summed E-state index contributed by atoms with van der Waals surface area (Å²) in [7, 11) is 0. The zero-order valence-electron chi connectivity index (χ0n) is 7.48. The second-order valence-corrected chi connectivity index (χ2v) is 3.96. The number of esters is 1. The fourth-order valence-electron chi connectivity index (χ4n) is 1.24. The molecule has 0 saturated carbocycles. The molecule has 1 unspecified atom stereocenters. The van der Waals surface area contributed by atoms with E-state index in [1.165, 1.54) is 6.92 Å². The molecule has 2 rings (SSSR count). The molecule has 74 valence electrons. The Morgan fingerprint density at radius 3 is 3.07 bits per heavy atom. The van der Waals surface area contributed by atoms with E-state index in [0.717, 1.165) is 5.56 Å². The van der Waals surface area contributed by atoms with E-state index in [0.29, 0.717) is 17.3 Å². The van der Waals surface area contributed by atoms with Crippen molar-refractivity contribution in [3.8, 4) is 11.5 Å². The van der Waals surface area contributed by atoms with Crippen molar-refractivity contribution in [1.29, 1.82) is 0 Å². The van der Waals surface area contributed by atoms with Crippen LogP contribution in [-0.2, 0) is 21.6 Å². The van der Waals surface area contributed by atoms with E-state index in [4.69, 9.17) is 8.92 Å². The first-order chi connectivity index (χ1) is 6.65. The van der Waals surface area contributed by atoms with Gasteiger partial charge in [-0.1, -0.05) is 0 Å². The molecule has 0 spiro atoms. The average molecular weight is 212 g/mol. The third-order valence-corrected chi connectivity index (χ3v) is 2.66. The molecule has 14 heavy (non-hydrogen) atoms. The van der Waals surface area contributed by atoms with E-state index in [2.05, 4.69) is 0 Å². The van der Waals surface area contributed by atoms with Gasteiger partial charge in [0.1, 0.15) is 11.5 Å². The maximum atomic E-state index is 11.0. The molecule has 0 fully saturated rings. The summed E-state index contributed by atoms with van der Waals surface area (Å²) in [6, 6.07) is 4.93. The Hall–Kier alpha value is -1.36. The van der Waals surface area contributed by atoms with E-state index in [1.54, 1.807) is 18.2 Å². The molecule has 1 aliphatic heterocycles. The lowest BCUT2D eigenvalue weighted by atomic mass is 10.2. The molecule has 1 atom stereocenters. The highest BCUT2D eigenvalue weighted by atomic mass is 32.2. The van der Waals surface area contributed by atoms with Crippen LogP contribution >= 0.6 is 0 Å². The predicted molar refractivity (Wildman–Crippen MR) is 50.2 cm³/mol. The van der Waals surface area contributed by atoms with Crippen LogP contribution in [0.15, 0.2) is 18.2 Å². The van der Waals surface area contributed by atoms with Crippen LogP contribution in [0.1, 0.15) is 12.5 Å². The first kappa shape index (κ1) is 9.21. The quantitative estimate of drug-likeness (QED) is 0.518. The van der Waals surface area contributed by atoms with Crippen molar-refractivity contribution in [2.75, 3.05) is 0 Å². The first-order valence-corrected chi connectivity index (χ1v) is 5.27. The van der Waals surface area contributed by atoms with Crippen LogP contribution in [0.2, 0.25) is 0 Å². The molecule has 4 nitrogen and oxygen atoms in total. The van der Waals surface area contributed by atoms with E-state index in [-0.39, 0.29) is 5.97 Å². The zero-order valence-corrected chi connectivity index (χ0v) is 8.30. The Labute approximate surface area is 83.5 Å². The molecule has 0 aliphatic carbocycles. The zero-order chi connectivity index (χ0) is 10.1. The predicted octanol–water partition coefficient (Wildman–Crippen LogP) is 1.17. The number of hydrogen-bond donors (Lipinski definition) is 0. The molecular weight excluding hydrogens is 204 g/mol. The minimum absolute atomic E-state index is 0.352. The van der Waals surface area contributed by atoms with Crippen LogP contribution in [0.4, 0.5) is 0 Å². The Morgan fingerprint density at radius 2 is 2.36 bits per heavy atom. The minimum atomic E-state index is -1.28. The fourth-order valence-corrected chi connectivity index (χ4v) is 2.14. The van der Waals surface area contributed by atoms with Gasteiger partial charge < -0.3 is 8.92 Å². The molecule has 1 heterocycles. The molecule has 1 aromatic rings. The monoisotopic (exact) mass is 212 g/mol. The van der Waals surface area contributed by atoms with E-state index >= 15 is 0 Å². The van der Waals surface area contributed by atoms with Gasteiger partial charge in [0.15, 0.2) is 0 Å². The summed E-state index contributed by atoms with van der Waals surface area (Å²) in [6.45, 7) is 1.34. The highest BCUT2D eigenvalue weighted by Crippen LogP contribution is 2.31. The number of rotatable bonds is 1. The van der Waals surface area contributed by atoms with Crippen LogP contribution in [0.3, 0.4) is 0 Å². The molecule has 0 aromatic heterocycles. The number of carbonyl (C=O) groups excluding carboxylic acids is 1. The Morgan fingerprint density at radius 1 is 1.57 bits per heavy atom. The van der Waals surface area contributed by atoms with Gasteiger partial charge >= 0.3 is 5.97 Å². The van der Waals surface area contributed by atoms with Crippen molar-refractivity contribution in [2.45, 2.75) is 12.7 Å². The lowest BCUT2D eigenvalue weighted by Gasteiger charge is -2.01. The highest BCUT2D eigenvalue weighted by molar-refractivity contribution is 7.80. The van der Waals surface area contributed by atoms with Crippen molar-refractivity contribution in [3.05, 3.63) is 23.8 Å². The largest absolute Gasteiger partial charge is 0.427 e. The summed E-state index contributed by atoms with van der Waals surface area (Å²) < 4.78 is 20.9. The van der Waals surface area contributed by atoms with Crippen LogP contribution in [0, 0.1) is 0 Å². The molecule has 5 heteroatoms. The van der Waals surface area contributed by atoms with Crippen molar-refractivity contribution >= 4 is 17.0 Å². The number of ether oxygens (including phenoxy) is 1. The molecule has 0 N–H and O–H groups in total. The van der Waals surface area contributed by atoms with E-state index in [9.17, 15) is 9.00 Å². The molecule has 0 saturated heterocycles. The van der Waals surface area contributed by atoms with Crippen LogP contribution in [-0.4, -0.2) is 10.2 Å². The second-order valence-electron chi connectivity index (χ2n) is 2.89. The molecule has 0 bridgehead atoms. The molecule has 1 aromatic carbocycles. The Kier molecular flexibility index (Phi) is 2.25.